The number of nitrogen functional groups attached to an aromatic ring is 1. The number of ether oxygens (including phenoxy) is 2. The summed E-state index contributed by atoms with van der Waals surface area (Å²) < 4.78 is 12.3. The molecule has 6 nitrogen and oxygen atoms in total. The summed E-state index contributed by atoms with van der Waals surface area (Å²) >= 11 is 0. The molecular weight excluding hydrogens is 244 g/mol. The van der Waals surface area contributed by atoms with E-state index in [1.807, 2.05) is 16.7 Å². The van der Waals surface area contributed by atoms with Crippen LogP contribution < -0.4 is 5.73 Å². The Morgan fingerprint density at radius 1 is 1.47 bits per heavy atom. The third kappa shape index (κ3) is 2.52. The Hall–Kier alpha value is -2.10. The maximum Gasteiger partial charge on any atom is 0.201 e. The fourth-order valence-corrected chi connectivity index (χ4v) is 2.03. The van der Waals surface area contributed by atoms with E-state index in [2.05, 4.69) is 11.1 Å². The van der Waals surface area contributed by atoms with Crippen molar-refractivity contribution in [2.24, 2.45) is 0 Å². The van der Waals surface area contributed by atoms with Crippen molar-refractivity contribution in [3.63, 3.8) is 0 Å². The minimum absolute atomic E-state index is 0.115. The number of nitrogens with two attached hydrogens (primary N) is 1. The SMILES string of the molecule is COCC(Cn1c(N)nc2c(C#N)cccc21)OC. The molecule has 0 aliphatic carbocycles. The van der Waals surface area contributed by atoms with E-state index in [9.17, 15) is 0 Å². The largest absolute Gasteiger partial charge is 0.382 e. The van der Waals surface area contributed by atoms with Crippen LogP contribution in [0.3, 0.4) is 0 Å². The summed E-state index contributed by atoms with van der Waals surface area (Å²) in [5.41, 5.74) is 7.89. The second-order valence-electron chi connectivity index (χ2n) is 4.18. The van der Waals surface area contributed by atoms with Gasteiger partial charge in [-0.1, -0.05) is 6.07 Å². The van der Waals surface area contributed by atoms with E-state index in [1.54, 1.807) is 20.3 Å². The number of nitriles is 1. The molecule has 19 heavy (non-hydrogen) atoms. The molecule has 0 aliphatic heterocycles. The van der Waals surface area contributed by atoms with Crippen LogP contribution in [0.25, 0.3) is 11.0 Å². The molecule has 0 saturated carbocycles. The van der Waals surface area contributed by atoms with E-state index >= 15 is 0 Å². The van der Waals surface area contributed by atoms with Gasteiger partial charge in [0.15, 0.2) is 0 Å². The molecule has 0 aliphatic rings. The fourth-order valence-electron chi connectivity index (χ4n) is 2.03. The van der Waals surface area contributed by atoms with Crippen molar-refractivity contribution < 1.29 is 9.47 Å². The number of nitrogens with zero attached hydrogens (tertiary/aromatic N) is 3. The Morgan fingerprint density at radius 3 is 2.89 bits per heavy atom. The molecular formula is C13H16N4O2. The highest BCUT2D eigenvalue weighted by Gasteiger charge is 2.15. The van der Waals surface area contributed by atoms with Crippen LogP contribution in [-0.4, -0.2) is 36.5 Å². The minimum Gasteiger partial charge on any atom is -0.382 e. The zero-order valence-corrected chi connectivity index (χ0v) is 11.0. The number of benzene rings is 1. The molecule has 0 radical (unpaired) electrons. The van der Waals surface area contributed by atoms with Crippen LogP contribution >= 0.6 is 0 Å². The summed E-state index contributed by atoms with van der Waals surface area (Å²) in [6.07, 6.45) is -0.115. The van der Waals surface area contributed by atoms with E-state index in [0.29, 0.717) is 30.2 Å². The second-order valence-corrected chi connectivity index (χ2v) is 4.18. The van der Waals surface area contributed by atoms with Crippen molar-refractivity contribution >= 4 is 17.0 Å². The molecule has 0 bridgehead atoms. The van der Waals surface area contributed by atoms with Crippen LogP contribution in [0.4, 0.5) is 5.95 Å². The number of fused-ring (bicyclic) bond motifs is 1. The third-order valence-corrected chi connectivity index (χ3v) is 3.00. The number of anilines is 1. The molecule has 1 aromatic heterocycles. The van der Waals surface area contributed by atoms with E-state index < -0.39 is 0 Å². The first-order chi connectivity index (χ1) is 9.21. The molecule has 1 atom stereocenters. The summed E-state index contributed by atoms with van der Waals surface area (Å²) in [5, 5.41) is 9.06. The lowest BCUT2D eigenvalue weighted by molar-refractivity contribution is 0.0193. The summed E-state index contributed by atoms with van der Waals surface area (Å²) in [4.78, 5) is 4.25. The van der Waals surface area contributed by atoms with Gasteiger partial charge in [-0.3, -0.25) is 0 Å². The molecule has 1 aromatic carbocycles. The molecule has 6 heteroatoms. The molecule has 1 heterocycles. The molecule has 2 N–H and O–H groups in total. The van der Waals surface area contributed by atoms with Gasteiger partial charge in [0.05, 0.1) is 30.3 Å². The molecule has 0 fully saturated rings. The topological polar surface area (TPSA) is 86.1 Å². The van der Waals surface area contributed by atoms with Crippen molar-refractivity contribution in [2.45, 2.75) is 12.6 Å². The number of imidazole rings is 1. The maximum absolute atomic E-state index is 9.06. The lowest BCUT2D eigenvalue weighted by atomic mass is 10.2. The molecule has 2 aromatic rings. The van der Waals surface area contributed by atoms with Crippen molar-refractivity contribution in [1.82, 2.24) is 9.55 Å². The Bertz CT molecular complexity index is 615. The van der Waals surface area contributed by atoms with Crippen LogP contribution in [0.2, 0.25) is 0 Å². The highest BCUT2D eigenvalue weighted by molar-refractivity contribution is 5.83. The normalized spacial score (nSPS) is 12.5. The van der Waals surface area contributed by atoms with Crippen LogP contribution in [0.1, 0.15) is 5.56 Å². The highest BCUT2D eigenvalue weighted by atomic mass is 16.5. The molecule has 0 amide bonds. The van der Waals surface area contributed by atoms with E-state index in [1.165, 1.54) is 0 Å². The fraction of sp³-hybridized carbons (Fsp3) is 0.385. The van der Waals surface area contributed by atoms with Gasteiger partial charge in [-0.2, -0.15) is 5.26 Å². The van der Waals surface area contributed by atoms with Gasteiger partial charge in [-0.15, -0.1) is 0 Å². The highest BCUT2D eigenvalue weighted by Crippen LogP contribution is 2.21. The van der Waals surface area contributed by atoms with Crippen molar-refractivity contribution in [3.8, 4) is 6.07 Å². The lowest BCUT2D eigenvalue weighted by Gasteiger charge is -2.16. The quantitative estimate of drug-likeness (QED) is 0.871. The first-order valence-corrected chi connectivity index (χ1v) is 5.87. The molecule has 2 rings (SSSR count). The van der Waals surface area contributed by atoms with Gasteiger partial charge in [0.25, 0.3) is 0 Å². The number of rotatable bonds is 5. The zero-order valence-electron chi connectivity index (χ0n) is 11.0. The summed E-state index contributed by atoms with van der Waals surface area (Å²) in [6, 6.07) is 7.54. The average Bonchev–Trinajstić information content (AvgIpc) is 2.74. The monoisotopic (exact) mass is 260 g/mol. The third-order valence-electron chi connectivity index (χ3n) is 3.00. The smallest absolute Gasteiger partial charge is 0.201 e. The number of aromatic nitrogens is 2. The second kappa shape index (κ2) is 5.69. The first kappa shape index (κ1) is 13.3. The Kier molecular flexibility index (Phi) is 4.00. The number of methoxy groups -OCH3 is 2. The van der Waals surface area contributed by atoms with E-state index in [-0.39, 0.29) is 6.10 Å². The van der Waals surface area contributed by atoms with Crippen LogP contribution in [0.15, 0.2) is 18.2 Å². The molecule has 0 saturated heterocycles. The number of hydrogen-bond donors (Lipinski definition) is 1. The lowest BCUT2D eigenvalue weighted by Crippen LogP contribution is -2.24. The Labute approximate surface area is 111 Å². The predicted octanol–water partition coefficient (Wildman–Crippen LogP) is 1.15. The summed E-state index contributed by atoms with van der Waals surface area (Å²) in [5.74, 6) is 0.371. The van der Waals surface area contributed by atoms with Crippen LogP contribution in [0.5, 0.6) is 0 Å². The van der Waals surface area contributed by atoms with Gasteiger partial charge >= 0.3 is 0 Å². The van der Waals surface area contributed by atoms with Crippen LogP contribution in [0, 0.1) is 11.3 Å². The molecule has 0 spiro atoms. The zero-order chi connectivity index (χ0) is 13.8. The van der Waals surface area contributed by atoms with E-state index in [4.69, 9.17) is 20.5 Å². The van der Waals surface area contributed by atoms with Crippen molar-refractivity contribution in [3.05, 3.63) is 23.8 Å². The van der Waals surface area contributed by atoms with E-state index in [0.717, 1.165) is 5.52 Å². The maximum atomic E-state index is 9.06. The first-order valence-electron chi connectivity index (χ1n) is 5.87. The molecule has 100 valence electrons. The van der Waals surface area contributed by atoms with Crippen LogP contribution in [-0.2, 0) is 16.0 Å². The Morgan fingerprint density at radius 2 is 2.26 bits per heavy atom. The Balaban J connectivity index is 2.43. The number of hydrogen-bond acceptors (Lipinski definition) is 5. The summed E-state index contributed by atoms with van der Waals surface area (Å²) in [6.45, 7) is 0.995. The van der Waals surface area contributed by atoms with Gasteiger partial charge in [0, 0.05) is 14.2 Å². The summed E-state index contributed by atoms with van der Waals surface area (Å²) in [7, 11) is 3.24. The van der Waals surface area contributed by atoms with Gasteiger partial charge in [-0.05, 0) is 12.1 Å². The molecule has 1 unspecified atom stereocenters. The standard InChI is InChI=1S/C13H16N4O2/c1-18-8-10(19-2)7-17-11-5-3-4-9(6-14)12(11)16-13(17)15/h3-5,10H,7-8H2,1-2H3,(H2,15,16). The van der Waals surface area contributed by atoms with Gasteiger partial charge < -0.3 is 19.8 Å². The van der Waals surface area contributed by atoms with Gasteiger partial charge in [-0.25, -0.2) is 4.98 Å². The van der Waals surface area contributed by atoms with Gasteiger partial charge in [0.2, 0.25) is 5.95 Å². The van der Waals surface area contributed by atoms with Crippen molar-refractivity contribution in [1.29, 1.82) is 5.26 Å². The van der Waals surface area contributed by atoms with Gasteiger partial charge in [0.1, 0.15) is 11.6 Å². The van der Waals surface area contributed by atoms with Crippen molar-refractivity contribution in [2.75, 3.05) is 26.6 Å². The predicted molar refractivity (Wildman–Crippen MR) is 71.5 cm³/mol. The average molecular weight is 260 g/mol. The number of para-hydroxylation sites is 1. The minimum atomic E-state index is -0.115.